The molecule has 0 radical (unpaired) electrons. The van der Waals surface area contributed by atoms with Crippen LogP contribution >= 0.6 is 0 Å². The Balaban J connectivity index is 3.41. The van der Waals surface area contributed by atoms with Crippen molar-refractivity contribution in [3.05, 3.63) is 32.6 Å². The van der Waals surface area contributed by atoms with Crippen LogP contribution in [0, 0.1) is 6.92 Å². The standard InChI is InChI=1S/C11H16N2O4/c1-7(2)13-9(14)5-8(3)12(11(13)16)6-10(15)17-4/h5,7H,6H2,1-4H3. The third-order valence-corrected chi connectivity index (χ3v) is 2.46. The van der Waals surface area contributed by atoms with Crippen LogP contribution in [0.5, 0.6) is 0 Å². The lowest BCUT2D eigenvalue weighted by molar-refractivity contribution is -0.141. The lowest BCUT2D eigenvalue weighted by Gasteiger charge is -2.14. The number of carbonyl (C=O) groups excluding carboxylic acids is 1. The molecule has 6 nitrogen and oxygen atoms in total. The molecule has 0 aliphatic carbocycles. The van der Waals surface area contributed by atoms with Crippen LogP contribution in [0.2, 0.25) is 0 Å². The summed E-state index contributed by atoms with van der Waals surface area (Å²) in [6, 6.07) is 1.09. The zero-order valence-corrected chi connectivity index (χ0v) is 10.4. The summed E-state index contributed by atoms with van der Waals surface area (Å²) >= 11 is 0. The molecule has 1 heterocycles. The van der Waals surface area contributed by atoms with E-state index in [-0.39, 0.29) is 18.1 Å². The van der Waals surface area contributed by atoms with Gasteiger partial charge in [-0.2, -0.15) is 0 Å². The predicted octanol–water partition coefficient (Wildman–Crippen LogP) is 0.0723. The van der Waals surface area contributed by atoms with Gasteiger partial charge in [-0.25, -0.2) is 4.79 Å². The highest BCUT2D eigenvalue weighted by atomic mass is 16.5. The molecule has 0 fully saturated rings. The molecule has 0 unspecified atom stereocenters. The van der Waals surface area contributed by atoms with Crippen LogP contribution in [0.3, 0.4) is 0 Å². The summed E-state index contributed by atoms with van der Waals surface area (Å²) in [4.78, 5) is 34.8. The first-order chi connectivity index (χ1) is 7.88. The van der Waals surface area contributed by atoms with Crippen molar-refractivity contribution in [3.8, 4) is 0 Å². The summed E-state index contributed by atoms with van der Waals surface area (Å²) in [5.41, 5.74) is -0.402. The maximum absolute atomic E-state index is 12.0. The number of methoxy groups -OCH3 is 1. The Bertz CT molecular complexity index is 539. The molecule has 0 bridgehead atoms. The summed E-state index contributed by atoms with van der Waals surface area (Å²) in [7, 11) is 1.25. The Morgan fingerprint density at radius 3 is 2.47 bits per heavy atom. The van der Waals surface area contributed by atoms with E-state index in [0.29, 0.717) is 5.69 Å². The van der Waals surface area contributed by atoms with Gasteiger partial charge in [0.15, 0.2) is 0 Å². The van der Waals surface area contributed by atoms with Gasteiger partial charge >= 0.3 is 11.7 Å². The highest BCUT2D eigenvalue weighted by Crippen LogP contribution is 1.97. The summed E-state index contributed by atoms with van der Waals surface area (Å²) in [5.74, 6) is -0.524. The minimum absolute atomic E-state index is 0.186. The van der Waals surface area contributed by atoms with Gasteiger partial charge in [-0.3, -0.25) is 18.7 Å². The molecule has 0 atom stereocenters. The summed E-state index contributed by atoms with van der Waals surface area (Å²) in [6.07, 6.45) is 0. The minimum atomic E-state index is -0.524. The quantitative estimate of drug-likeness (QED) is 0.701. The molecular formula is C11H16N2O4. The number of ether oxygens (including phenoxy) is 1. The normalized spacial score (nSPS) is 10.6. The van der Waals surface area contributed by atoms with Crippen LogP contribution in [-0.4, -0.2) is 22.2 Å². The summed E-state index contributed by atoms with van der Waals surface area (Å²) < 4.78 is 6.85. The Morgan fingerprint density at radius 2 is 2.00 bits per heavy atom. The highest BCUT2D eigenvalue weighted by Gasteiger charge is 2.13. The molecular weight excluding hydrogens is 224 g/mol. The van der Waals surface area contributed by atoms with Gasteiger partial charge < -0.3 is 4.74 Å². The number of carbonyl (C=O) groups is 1. The van der Waals surface area contributed by atoms with Crippen LogP contribution in [0.25, 0.3) is 0 Å². The van der Waals surface area contributed by atoms with Crippen LogP contribution in [-0.2, 0) is 16.1 Å². The second kappa shape index (κ2) is 4.99. The topological polar surface area (TPSA) is 70.3 Å². The van der Waals surface area contributed by atoms with E-state index in [1.165, 1.54) is 17.7 Å². The van der Waals surface area contributed by atoms with Gasteiger partial charge in [0.25, 0.3) is 5.56 Å². The Labute approximate surface area is 98.4 Å². The van der Waals surface area contributed by atoms with Crippen molar-refractivity contribution in [2.45, 2.75) is 33.4 Å². The van der Waals surface area contributed by atoms with E-state index in [9.17, 15) is 14.4 Å². The fourth-order valence-corrected chi connectivity index (χ4v) is 1.56. The number of aryl methyl sites for hydroxylation is 1. The number of esters is 1. The first-order valence-corrected chi connectivity index (χ1v) is 5.28. The van der Waals surface area contributed by atoms with E-state index in [0.717, 1.165) is 4.57 Å². The maximum atomic E-state index is 12.0. The summed E-state index contributed by atoms with van der Waals surface area (Å²) in [5, 5.41) is 0. The molecule has 0 saturated carbocycles. The number of hydrogen-bond donors (Lipinski definition) is 0. The van der Waals surface area contributed by atoms with Gasteiger partial charge in [0.1, 0.15) is 6.54 Å². The maximum Gasteiger partial charge on any atom is 0.331 e. The lowest BCUT2D eigenvalue weighted by atomic mass is 10.3. The molecule has 0 N–H and O–H groups in total. The van der Waals surface area contributed by atoms with Crippen molar-refractivity contribution < 1.29 is 9.53 Å². The zero-order chi connectivity index (χ0) is 13.2. The second-order valence-electron chi connectivity index (χ2n) is 4.03. The largest absolute Gasteiger partial charge is 0.468 e. The number of hydrogen-bond acceptors (Lipinski definition) is 4. The van der Waals surface area contributed by atoms with Gasteiger partial charge in [0, 0.05) is 17.8 Å². The fourth-order valence-electron chi connectivity index (χ4n) is 1.56. The van der Waals surface area contributed by atoms with Crippen molar-refractivity contribution >= 4 is 5.97 Å². The zero-order valence-electron chi connectivity index (χ0n) is 10.4. The molecule has 17 heavy (non-hydrogen) atoms. The second-order valence-corrected chi connectivity index (χ2v) is 4.03. The third kappa shape index (κ3) is 2.64. The molecule has 0 aliphatic rings. The number of nitrogens with zero attached hydrogens (tertiary/aromatic N) is 2. The van der Waals surface area contributed by atoms with Gasteiger partial charge in [-0.05, 0) is 20.8 Å². The van der Waals surface area contributed by atoms with Crippen molar-refractivity contribution in [2.75, 3.05) is 7.11 Å². The molecule has 0 saturated heterocycles. The van der Waals surface area contributed by atoms with Crippen molar-refractivity contribution in [1.82, 2.24) is 9.13 Å². The first kappa shape index (κ1) is 13.2. The number of rotatable bonds is 3. The van der Waals surface area contributed by atoms with Crippen LogP contribution in [0.15, 0.2) is 15.7 Å². The Kier molecular flexibility index (Phi) is 3.88. The highest BCUT2D eigenvalue weighted by molar-refractivity contribution is 5.69. The van der Waals surface area contributed by atoms with Crippen LogP contribution in [0.1, 0.15) is 25.6 Å². The van der Waals surface area contributed by atoms with Gasteiger partial charge in [0.05, 0.1) is 7.11 Å². The SMILES string of the molecule is COC(=O)Cn1c(C)cc(=O)n(C(C)C)c1=O. The third-order valence-electron chi connectivity index (χ3n) is 2.46. The van der Waals surface area contributed by atoms with Gasteiger partial charge in [-0.1, -0.05) is 0 Å². The van der Waals surface area contributed by atoms with E-state index in [4.69, 9.17) is 0 Å². The molecule has 94 valence electrons. The van der Waals surface area contributed by atoms with E-state index in [1.54, 1.807) is 20.8 Å². The van der Waals surface area contributed by atoms with Crippen molar-refractivity contribution in [3.63, 3.8) is 0 Å². The molecule has 0 spiro atoms. The molecule has 0 aliphatic heterocycles. The van der Waals surface area contributed by atoms with E-state index < -0.39 is 11.7 Å². The Hall–Kier alpha value is -1.85. The molecule has 1 aromatic heterocycles. The monoisotopic (exact) mass is 240 g/mol. The van der Waals surface area contributed by atoms with Crippen molar-refractivity contribution in [2.24, 2.45) is 0 Å². The molecule has 1 rings (SSSR count). The Morgan fingerprint density at radius 1 is 1.41 bits per heavy atom. The fraction of sp³-hybridized carbons (Fsp3) is 0.545. The van der Waals surface area contributed by atoms with Crippen LogP contribution < -0.4 is 11.2 Å². The first-order valence-electron chi connectivity index (χ1n) is 5.28. The van der Waals surface area contributed by atoms with Gasteiger partial charge in [-0.15, -0.1) is 0 Å². The van der Waals surface area contributed by atoms with E-state index >= 15 is 0 Å². The average Bonchev–Trinajstić information content (AvgIpc) is 2.22. The molecule has 1 aromatic rings. The lowest BCUT2D eigenvalue weighted by Crippen LogP contribution is -2.42. The minimum Gasteiger partial charge on any atom is -0.468 e. The predicted molar refractivity (Wildman–Crippen MR) is 62.1 cm³/mol. The van der Waals surface area contributed by atoms with Crippen molar-refractivity contribution in [1.29, 1.82) is 0 Å². The molecule has 6 heteroatoms. The molecule has 0 aromatic carbocycles. The van der Waals surface area contributed by atoms with Gasteiger partial charge in [0.2, 0.25) is 0 Å². The smallest absolute Gasteiger partial charge is 0.331 e. The number of aromatic nitrogens is 2. The summed E-state index contributed by atoms with van der Waals surface area (Å²) in [6.45, 7) is 4.89. The molecule has 0 amide bonds. The van der Waals surface area contributed by atoms with E-state index in [2.05, 4.69) is 4.74 Å². The van der Waals surface area contributed by atoms with E-state index in [1.807, 2.05) is 0 Å². The van der Waals surface area contributed by atoms with Crippen LogP contribution in [0.4, 0.5) is 0 Å². The average molecular weight is 240 g/mol.